The highest BCUT2D eigenvalue weighted by atomic mass is 19.1. The van der Waals surface area contributed by atoms with Crippen LogP contribution in [-0.2, 0) is 4.74 Å². The molecule has 2 N–H and O–H groups in total. The number of halogens is 1. The zero-order valence-electron chi connectivity index (χ0n) is 9.27. The van der Waals surface area contributed by atoms with Crippen molar-refractivity contribution in [2.45, 2.75) is 25.6 Å². The third kappa shape index (κ3) is 3.89. The number of aliphatic hydroxyl groups is 2. The van der Waals surface area contributed by atoms with Crippen molar-refractivity contribution < 1.29 is 19.3 Å². The number of rotatable bonds is 6. The molecule has 0 aliphatic carbocycles. The van der Waals surface area contributed by atoms with E-state index in [1.807, 2.05) is 0 Å². The summed E-state index contributed by atoms with van der Waals surface area (Å²) in [5.74, 6) is -0.545. The van der Waals surface area contributed by atoms with E-state index in [1.54, 1.807) is 18.2 Å². The van der Waals surface area contributed by atoms with Gasteiger partial charge in [-0.1, -0.05) is 18.2 Å². The van der Waals surface area contributed by atoms with Crippen LogP contribution in [-0.4, -0.2) is 29.7 Å². The van der Waals surface area contributed by atoms with Gasteiger partial charge in [0, 0.05) is 12.5 Å². The van der Waals surface area contributed by atoms with Gasteiger partial charge in [0.15, 0.2) is 6.29 Å². The molecule has 0 spiro atoms. The van der Waals surface area contributed by atoms with Gasteiger partial charge in [0.25, 0.3) is 0 Å². The van der Waals surface area contributed by atoms with Gasteiger partial charge >= 0.3 is 0 Å². The Hall–Kier alpha value is -0.970. The molecule has 2 unspecified atom stereocenters. The average molecular weight is 228 g/mol. The summed E-state index contributed by atoms with van der Waals surface area (Å²) in [6.07, 6.45) is -0.471. The molecule has 0 heterocycles. The Morgan fingerprint density at radius 2 is 2.06 bits per heavy atom. The summed E-state index contributed by atoms with van der Waals surface area (Å²) >= 11 is 0. The molecular formula is C12H17FO3. The minimum absolute atomic E-state index is 0.0395. The third-order valence-corrected chi connectivity index (χ3v) is 2.36. The summed E-state index contributed by atoms with van der Waals surface area (Å²) in [5.41, 5.74) is 0.511. The number of aliphatic hydroxyl groups excluding tert-OH is 2. The molecule has 3 nitrogen and oxygen atoms in total. The van der Waals surface area contributed by atoms with Gasteiger partial charge in [0.05, 0.1) is 6.61 Å². The van der Waals surface area contributed by atoms with Gasteiger partial charge in [0.2, 0.25) is 0 Å². The Morgan fingerprint density at radius 3 is 2.62 bits per heavy atom. The Morgan fingerprint density at radius 1 is 1.38 bits per heavy atom. The fraction of sp³-hybridized carbons (Fsp3) is 0.500. The number of ether oxygens (including phenoxy) is 1. The molecule has 0 saturated carbocycles. The zero-order valence-corrected chi connectivity index (χ0v) is 9.27. The predicted octanol–water partition coefficient (Wildman–Crippen LogP) is 1.65. The van der Waals surface area contributed by atoms with Crippen molar-refractivity contribution >= 4 is 0 Å². The monoisotopic (exact) mass is 228 g/mol. The standard InChI is InChI=1S/C12H17FO3/c1-9(15)16-8-10(6-7-14)11-4-2-3-5-12(11)13/h2-5,9-10,14-15H,6-8H2,1H3. The van der Waals surface area contributed by atoms with Crippen molar-refractivity contribution in [3.63, 3.8) is 0 Å². The summed E-state index contributed by atoms with van der Waals surface area (Å²) in [7, 11) is 0. The first kappa shape index (κ1) is 13.1. The molecule has 16 heavy (non-hydrogen) atoms. The average Bonchev–Trinajstić information content (AvgIpc) is 2.25. The molecule has 0 fully saturated rings. The van der Waals surface area contributed by atoms with Gasteiger partial charge in [0.1, 0.15) is 5.82 Å². The second-order valence-electron chi connectivity index (χ2n) is 3.66. The lowest BCUT2D eigenvalue weighted by Gasteiger charge is -2.18. The van der Waals surface area contributed by atoms with Crippen molar-refractivity contribution in [1.29, 1.82) is 0 Å². The van der Waals surface area contributed by atoms with Crippen molar-refractivity contribution in [3.05, 3.63) is 35.6 Å². The molecule has 0 radical (unpaired) electrons. The van der Waals surface area contributed by atoms with E-state index in [9.17, 15) is 4.39 Å². The minimum Gasteiger partial charge on any atom is -0.396 e. The SMILES string of the molecule is CC(O)OCC(CCO)c1ccccc1F. The van der Waals surface area contributed by atoms with Gasteiger partial charge in [-0.2, -0.15) is 0 Å². The lowest BCUT2D eigenvalue weighted by atomic mass is 9.96. The molecule has 0 bridgehead atoms. The van der Waals surface area contributed by atoms with Gasteiger partial charge < -0.3 is 14.9 Å². The van der Waals surface area contributed by atoms with Gasteiger partial charge in [-0.3, -0.25) is 0 Å². The van der Waals surface area contributed by atoms with Gasteiger partial charge in [-0.15, -0.1) is 0 Å². The molecule has 0 aliphatic rings. The molecule has 0 aliphatic heterocycles. The first-order valence-corrected chi connectivity index (χ1v) is 5.30. The van der Waals surface area contributed by atoms with Crippen LogP contribution >= 0.6 is 0 Å². The second-order valence-corrected chi connectivity index (χ2v) is 3.66. The molecule has 4 heteroatoms. The van der Waals surface area contributed by atoms with Crippen LogP contribution in [0.5, 0.6) is 0 Å². The summed E-state index contributed by atoms with van der Waals surface area (Å²) in [6, 6.07) is 6.40. The molecule has 2 atom stereocenters. The maximum Gasteiger partial charge on any atom is 0.151 e. The lowest BCUT2D eigenvalue weighted by molar-refractivity contribution is -0.0908. The molecule has 0 amide bonds. The smallest absolute Gasteiger partial charge is 0.151 e. The second kappa shape index (κ2) is 6.58. The first-order chi connectivity index (χ1) is 7.65. The van der Waals surface area contributed by atoms with E-state index in [1.165, 1.54) is 13.0 Å². The molecule has 0 aromatic heterocycles. The molecular weight excluding hydrogens is 211 g/mol. The highest BCUT2D eigenvalue weighted by Gasteiger charge is 2.16. The Kier molecular flexibility index (Phi) is 5.38. The van der Waals surface area contributed by atoms with Crippen LogP contribution in [0.4, 0.5) is 4.39 Å². The van der Waals surface area contributed by atoms with E-state index in [4.69, 9.17) is 14.9 Å². The number of hydrogen-bond donors (Lipinski definition) is 2. The van der Waals surface area contributed by atoms with E-state index in [-0.39, 0.29) is 24.9 Å². The summed E-state index contributed by atoms with van der Waals surface area (Å²) < 4.78 is 18.5. The molecule has 90 valence electrons. The minimum atomic E-state index is -0.882. The van der Waals surface area contributed by atoms with E-state index in [0.717, 1.165) is 0 Å². The van der Waals surface area contributed by atoms with Crippen molar-refractivity contribution in [1.82, 2.24) is 0 Å². The van der Waals surface area contributed by atoms with Gasteiger partial charge in [-0.25, -0.2) is 4.39 Å². The Balaban J connectivity index is 2.73. The van der Waals surface area contributed by atoms with E-state index in [0.29, 0.717) is 12.0 Å². The van der Waals surface area contributed by atoms with E-state index in [2.05, 4.69) is 0 Å². The quantitative estimate of drug-likeness (QED) is 0.728. The Bertz CT molecular complexity index is 315. The van der Waals surface area contributed by atoms with E-state index >= 15 is 0 Å². The summed E-state index contributed by atoms with van der Waals surface area (Å²) in [6.45, 7) is 1.65. The maximum absolute atomic E-state index is 13.5. The fourth-order valence-electron chi connectivity index (χ4n) is 1.55. The fourth-order valence-corrected chi connectivity index (χ4v) is 1.55. The molecule has 1 aromatic carbocycles. The lowest BCUT2D eigenvalue weighted by Crippen LogP contribution is -2.16. The zero-order chi connectivity index (χ0) is 12.0. The largest absolute Gasteiger partial charge is 0.396 e. The van der Waals surface area contributed by atoms with Crippen LogP contribution < -0.4 is 0 Å². The number of benzene rings is 1. The normalized spacial score (nSPS) is 14.8. The Labute approximate surface area is 94.5 Å². The third-order valence-electron chi connectivity index (χ3n) is 2.36. The van der Waals surface area contributed by atoms with Crippen LogP contribution in [0.15, 0.2) is 24.3 Å². The highest BCUT2D eigenvalue weighted by molar-refractivity contribution is 5.21. The van der Waals surface area contributed by atoms with Crippen molar-refractivity contribution in [2.24, 2.45) is 0 Å². The van der Waals surface area contributed by atoms with Crippen molar-refractivity contribution in [3.8, 4) is 0 Å². The first-order valence-electron chi connectivity index (χ1n) is 5.30. The molecule has 0 saturated heterocycles. The van der Waals surface area contributed by atoms with Crippen molar-refractivity contribution in [2.75, 3.05) is 13.2 Å². The van der Waals surface area contributed by atoms with Crippen LogP contribution in [0.2, 0.25) is 0 Å². The van der Waals surface area contributed by atoms with Crippen LogP contribution in [0, 0.1) is 5.82 Å². The predicted molar refractivity (Wildman–Crippen MR) is 58.5 cm³/mol. The van der Waals surface area contributed by atoms with Crippen LogP contribution in [0.25, 0.3) is 0 Å². The number of hydrogen-bond acceptors (Lipinski definition) is 3. The van der Waals surface area contributed by atoms with Crippen LogP contribution in [0.1, 0.15) is 24.8 Å². The molecule has 1 aromatic rings. The van der Waals surface area contributed by atoms with Gasteiger partial charge in [-0.05, 0) is 25.0 Å². The molecule has 1 rings (SSSR count). The van der Waals surface area contributed by atoms with E-state index < -0.39 is 6.29 Å². The maximum atomic E-state index is 13.5. The topological polar surface area (TPSA) is 49.7 Å². The highest BCUT2D eigenvalue weighted by Crippen LogP contribution is 2.22. The summed E-state index contributed by atoms with van der Waals surface area (Å²) in [5, 5.41) is 17.9. The van der Waals surface area contributed by atoms with Crippen LogP contribution in [0.3, 0.4) is 0 Å². The summed E-state index contributed by atoms with van der Waals surface area (Å²) in [4.78, 5) is 0.